The Kier molecular flexibility index (Phi) is 5.61. The van der Waals surface area contributed by atoms with Crippen LogP contribution in [0.4, 0.5) is 20.6 Å². The molecule has 2 heterocycles. The van der Waals surface area contributed by atoms with Crippen molar-refractivity contribution in [3.8, 4) is 5.75 Å². The van der Waals surface area contributed by atoms with Gasteiger partial charge in [0.1, 0.15) is 23.8 Å². The number of carbonyl (C=O) groups is 1. The maximum absolute atomic E-state index is 13.6. The van der Waals surface area contributed by atoms with Crippen LogP contribution >= 0.6 is 0 Å². The summed E-state index contributed by atoms with van der Waals surface area (Å²) in [7, 11) is 0. The Bertz CT molecular complexity index is 1300. The van der Waals surface area contributed by atoms with Crippen molar-refractivity contribution in [2.75, 3.05) is 10.6 Å². The van der Waals surface area contributed by atoms with Crippen LogP contribution in [0.5, 0.6) is 5.75 Å². The van der Waals surface area contributed by atoms with Gasteiger partial charge in [0.05, 0.1) is 11.4 Å². The summed E-state index contributed by atoms with van der Waals surface area (Å²) in [6.07, 6.45) is 1.74. The molecule has 0 unspecified atom stereocenters. The number of benzene rings is 2. The number of pyridine rings is 1. The van der Waals surface area contributed by atoms with Gasteiger partial charge in [0.25, 0.3) is 5.56 Å². The molecule has 2 amide bonds. The first-order valence-corrected chi connectivity index (χ1v) is 9.52. The second kappa shape index (κ2) is 8.66. The Hall–Kier alpha value is -4.20. The van der Waals surface area contributed by atoms with Crippen molar-refractivity contribution in [1.82, 2.24) is 9.38 Å². The summed E-state index contributed by atoms with van der Waals surface area (Å²) in [6, 6.07) is 17.1. The number of amides is 2. The standard InChI is InChI=1S/C23H19FN4O3/c1-15-6-11-21-25-17(12-22(29)28(21)13-15)14-31-18-9-7-16(8-10-18)26-23(30)27-20-5-3-2-4-19(20)24/h2-13H,14H2,1H3,(H2,26,27,30). The van der Waals surface area contributed by atoms with E-state index in [9.17, 15) is 14.0 Å². The topological polar surface area (TPSA) is 84.7 Å². The van der Waals surface area contributed by atoms with Crippen LogP contribution in [0.1, 0.15) is 11.3 Å². The Balaban J connectivity index is 1.37. The van der Waals surface area contributed by atoms with Crippen molar-refractivity contribution >= 4 is 23.1 Å². The number of urea groups is 1. The number of anilines is 2. The van der Waals surface area contributed by atoms with E-state index in [1.54, 1.807) is 48.7 Å². The van der Waals surface area contributed by atoms with Crippen LogP contribution in [-0.4, -0.2) is 15.4 Å². The number of para-hydroxylation sites is 1. The van der Waals surface area contributed by atoms with Gasteiger partial charge in [-0.3, -0.25) is 9.20 Å². The molecule has 0 saturated heterocycles. The minimum Gasteiger partial charge on any atom is -0.487 e. The smallest absolute Gasteiger partial charge is 0.323 e. The molecule has 0 aliphatic heterocycles. The quantitative estimate of drug-likeness (QED) is 0.504. The Morgan fingerprint density at radius 3 is 2.61 bits per heavy atom. The number of nitrogens with one attached hydrogen (secondary N) is 2. The molecule has 2 aromatic heterocycles. The van der Waals surface area contributed by atoms with Gasteiger partial charge in [-0.1, -0.05) is 18.2 Å². The van der Waals surface area contributed by atoms with Gasteiger partial charge in [0.15, 0.2) is 0 Å². The lowest BCUT2D eigenvalue weighted by Gasteiger charge is -2.10. The molecule has 0 aliphatic rings. The summed E-state index contributed by atoms with van der Waals surface area (Å²) in [5.41, 5.74) is 2.47. The van der Waals surface area contributed by atoms with Crippen LogP contribution < -0.4 is 20.9 Å². The molecule has 8 heteroatoms. The van der Waals surface area contributed by atoms with E-state index in [0.29, 0.717) is 22.8 Å². The predicted octanol–water partition coefficient (Wildman–Crippen LogP) is 4.37. The number of hydrogen-bond acceptors (Lipinski definition) is 4. The maximum Gasteiger partial charge on any atom is 0.323 e. The Labute approximate surface area is 177 Å². The van der Waals surface area contributed by atoms with Crippen molar-refractivity contribution in [1.29, 1.82) is 0 Å². The lowest BCUT2D eigenvalue weighted by Crippen LogP contribution is -2.20. The first-order chi connectivity index (χ1) is 15.0. The molecule has 0 radical (unpaired) electrons. The molecule has 2 N–H and O–H groups in total. The second-order valence-corrected chi connectivity index (χ2v) is 6.89. The number of nitrogens with zero attached hydrogens (tertiary/aromatic N) is 2. The van der Waals surface area contributed by atoms with E-state index in [1.165, 1.54) is 22.6 Å². The number of aromatic nitrogens is 2. The maximum atomic E-state index is 13.6. The number of halogens is 1. The molecule has 0 bridgehead atoms. The summed E-state index contributed by atoms with van der Waals surface area (Å²) >= 11 is 0. The van der Waals surface area contributed by atoms with Crippen molar-refractivity contribution in [3.63, 3.8) is 0 Å². The zero-order valence-electron chi connectivity index (χ0n) is 16.6. The number of hydrogen-bond donors (Lipinski definition) is 2. The largest absolute Gasteiger partial charge is 0.487 e. The molecule has 0 atom stereocenters. The van der Waals surface area contributed by atoms with Gasteiger partial charge >= 0.3 is 6.03 Å². The first kappa shape index (κ1) is 20.1. The van der Waals surface area contributed by atoms with E-state index in [1.807, 2.05) is 13.0 Å². The molecule has 0 aliphatic carbocycles. The monoisotopic (exact) mass is 418 g/mol. The highest BCUT2D eigenvalue weighted by Gasteiger charge is 2.07. The van der Waals surface area contributed by atoms with Crippen molar-refractivity contribution in [3.05, 3.63) is 100 Å². The highest BCUT2D eigenvalue weighted by molar-refractivity contribution is 5.99. The molecule has 31 heavy (non-hydrogen) atoms. The summed E-state index contributed by atoms with van der Waals surface area (Å²) in [5, 5.41) is 5.07. The second-order valence-electron chi connectivity index (χ2n) is 6.89. The lowest BCUT2D eigenvalue weighted by molar-refractivity contribution is 0.262. The summed E-state index contributed by atoms with van der Waals surface area (Å²) in [4.78, 5) is 28.7. The number of aryl methyl sites for hydroxylation is 1. The molecule has 0 spiro atoms. The highest BCUT2D eigenvalue weighted by atomic mass is 19.1. The number of ether oxygens (including phenoxy) is 1. The zero-order chi connectivity index (χ0) is 21.8. The van der Waals surface area contributed by atoms with Gasteiger partial charge in [-0.15, -0.1) is 0 Å². The van der Waals surface area contributed by atoms with Crippen molar-refractivity contribution in [2.24, 2.45) is 0 Å². The average Bonchev–Trinajstić information content (AvgIpc) is 2.75. The summed E-state index contributed by atoms with van der Waals surface area (Å²) < 4.78 is 20.8. The third-order valence-electron chi connectivity index (χ3n) is 4.48. The third kappa shape index (κ3) is 4.87. The van der Waals surface area contributed by atoms with Crippen LogP contribution in [0.2, 0.25) is 0 Å². The van der Waals surface area contributed by atoms with Gasteiger partial charge in [-0.2, -0.15) is 0 Å². The van der Waals surface area contributed by atoms with Crippen molar-refractivity contribution < 1.29 is 13.9 Å². The fourth-order valence-corrected chi connectivity index (χ4v) is 2.97. The third-order valence-corrected chi connectivity index (χ3v) is 4.48. The summed E-state index contributed by atoms with van der Waals surface area (Å²) in [6.45, 7) is 2.03. The molecule has 4 aromatic rings. The molecular formula is C23H19FN4O3. The number of fused-ring (bicyclic) bond motifs is 1. The lowest BCUT2D eigenvalue weighted by atomic mass is 10.3. The first-order valence-electron chi connectivity index (χ1n) is 9.52. The highest BCUT2D eigenvalue weighted by Crippen LogP contribution is 2.18. The van der Waals surface area contributed by atoms with E-state index < -0.39 is 11.8 Å². The van der Waals surface area contributed by atoms with E-state index in [4.69, 9.17) is 4.74 Å². The number of carbonyl (C=O) groups excluding carboxylic acids is 1. The Morgan fingerprint density at radius 1 is 1.06 bits per heavy atom. The van der Waals surface area contributed by atoms with Crippen molar-refractivity contribution in [2.45, 2.75) is 13.5 Å². The van der Waals surface area contributed by atoms with E-state index in [-0.39, 0.29) is 17.9 Å². The SMILES string of the molecule is Cc1ccc2nc(COc3ccc(NC(=O)Nc4ccccc4F)cc3)cc(=O)n2c1. The zero-order valence-corrected chi connectivity index (χ0v) is 16.6. The summed E-state index contributed by atoms with van der Waals surface area (Å²) in [5.74, 6) is 0.0319. The van der Waals surface area contributed by atoms with Crippen LogP contribution in [0.25, 0.3) is 5.65 Å². The molecule has 4 rings (SSSR count). The van der Waals surface area contributed by atoms with Gasteiger partial charge in [0, 0.05) is 18.0 Å². The number of rotatable bonds is 5. The fourth-order valence-electron chi connectivity index (χ4n) is 2.97. The van der Waals surface area contributed by atoms with Gasteiger partial charge in [0.2, 0.25) is 0 Å². The predicted molar refractivity (Wildman–Crippen MR) is 116 cm³/mol. The minimum absolute atomic E-state index is 0.0916. The van der Waals surface area contributed by atoms with E-state index in [0.717, 1.165) is 5.56 Å². The molecule has 7 nitrogen and oxygen atoms in total. The average molecular weight is 418 g/mol. The van der Waals surface area contributed by atoms with Crippen LogP contribution in [0.3, 0.4) is 0 Å². The Morgan fingerprint density at radius 2 is 1.84 bits per heavy atom. The molecular weight excluding hydrogens is 399 g/mol. The molecule has 0 saturated carbocycles. The van der Waals surface area contributed by atoms with Crippen LogP contribution in [0, 0.1) is 12.7 Å². The van der Waals surface area contributed by atoms with Gasteiger partial charge in [-0.05, 0) is 55.0 Å². The van der Waals surface area contributed by atoms with Gasteiger partial charge in [-0.25, -0.2) is 14.2 Å². The van der Waals surface area contributed by atoms with E-state index in [2.05, 4.69) is 15.6 Å². The molecule has 0 fully saturated rings. The minimum atomic E-state index is -0.560. The van der Waals surface area contributed by atoms with Gasteiger partial charge < -0.3 is 15.4 Å². The fraction of sp³-hybridized carbons (Fsp3) is 0.0870. The van der Waals surface area contributed by atoms with Crippen LogP contribution in [0.15, 0.2) is 77.7 Å². The van der Waals surface area contributed by atoms with Crippen LogP contribution in [-0.2, 0) is 6.61 Å². The molecule has 2 aromatic carbocycles. The molecule has 156 valence electrons. The van der Waals surface area contributed by atoms with E-state index >= 15 is 0 Å². The normalized spacial score (nSPS) is 10.6.